The van der Waals surface area contributed by atoms with Crippen LogP contribution in [-0.4, -0.2) is 19.9 Å². The molecule has 2 radical (unpaired) electrons. The normalized spacial score (nSPS) is 14.8. The molecule has 6 aromatic heterocycles. The van der Waals surface area contributed by atoms with Crippen LogP contribution in [0, 0.1) is 100 Å². The van der Waals surface area contributed by atoms with Crippen LogP contribution in [0.25, 0.3) is 177 Å². The average molecular weight is 1930 g/mol. The predicted molar refractivity (Wildman–Crippen MR) is 486 cm³/mol. The standard InChI is InChI=1S/2C34H21N2O.C23H24N.C19H16N.2Ir/c2*1-20-16-22(18-35)10-14-25(20)30-17-31(36-19-21(30)2)29-9-5-8-27-28-15-13-24-12-11-23-6-3-4-7-26(23)32(24)34(28)37-33(27)29;1-17-10-12-20(14-21(17)19-8-6-5-7-9-19)22-13-11-18(16-24-22)15-23(2,3)4;1-14-8-11-19(20-13-14)17-10-9-15(2)18(12-17)16-6-4-3-5-7-16;;/h2*3-8,10-17,19H,1-2H3;5-11,13-14,16H,15H2,1-4H3;3-9,11-13H,1-2H3;;/q4*-1;;/i2*1D3,2D3;1D3,15D2;1D3,2D3;;. The summed E-state index contributed by atoms with van der Waals surface area (Å²) in [4.78, 5) is 17.7. The zero-order valence-electron chi connectivity index (χ0n) is 87.5. The topological polar surface area (TPSA) is 125 Å². The van der Waals surface area contributed by atoms with Gasteiger partial charge in [-0.15, -0.1) is 95.1 Å². The number of nitrogens with zero attached hydrogens (tertiary/aromatic N) is 6. The van der Waals surface area contributed by atoms with Gasteiger partial charge in [0, 0.05) is 118 Å². The first-order valence-corrected chi connectivity index (χ1v) is 37.8. The molecular formula is C110H82Ir2N6O2-4. The molecule has 6 heterocycles. The van der Waals surface area contributed by atoms with Gasteiger partial charge in [-0.25, -0.2) is 0 Å². The van der Waals surface area contributed by atoms with Gasteiger partial charge in [0.25, 0.3) is 0 Å². The summed E-state index contributed by atoms with van der Waals surface area (Å²) < 4.78 is 197. The third-order valence-electron chi connectivity index (χ3n) is 20.5. The number of aryl methyl sites for hydroxylation is 7. The maximum Gasteiger partial charge on any atom is 0.129 e. The van der Waals surface area contributed by atoms with Crippen molar-refractivity contribution in [2.24, 2.45) is 5.41 Å². The SMILES string of the molecule is [2H]C([2H])([2H])c1c[c-]c(-c2ccc(C([2H])([2H])C(C)(C)C)cn2)cc1-c1ccccc1.[2H]C([2H])([2H])c1ccc(-c2[c-]cc(C([2H])([2H])[2H])c(-c3ccccc3)c2)nc1.[2H]C([2H])([2H])c1cnc(-c2[c-]ccc3c2oc2c3ccc3ccc4ccccc4c32)cc1-c1ccc(C#N)cc1C([2H])([2H])[2H].[2H]C([2H])([2H])c1cnc(-c2[c-]ccc3c2oc2c3ccc3ccc4ccccc4c32)cc1-c1ccc(C#N)cc1C([2H])([2H])[2H].[Ir].[Ir]. The van der Waals surface area contributed by atoms with Gasteiger partial charge in [-0.1, -0.05) is 274 Å². The van der Waals surface area contributed by atoms with Crippen LogP contribution in [0.1, 0.15) is 108 Å². The van der Waals surface area contributed by atoms with Crippen molar-refractivity contribution < 1.29 is 80.6 Å². The molecule has 8 nitrogen and oxygen atoms in total. The Labute approximate surface area is 759 Å². The number of aromatic nitrogens is 4. The molecule has 0 saturated carbocycles. The zero-order chi connectivity index (χ0) is 101. The number of hydrogen-bond acceptors (Lipinski definition) is 8. The molecule has 0 saturated heterocycles. The van der Waals surface area contributed by atoms with Crippen molar-refractivity contribution in [1.82, 2.24) is 19.9 Å². The maximum atomic E-state index is 9.40. The monoisotopic (exact) mass is 1930 g/mol. The molecule has 120 heavy (non-hydrogen) atoms. The number of pyridine rings is 4. The van der Waals surface area contributed by atoms with E-state index in [1.807, 2.05) is 142 Å². The van der Waals surface area contributed by atoms with Crippen LogP contribution in [-0.2, 0) is 46.6 Å². The second-order valence-corrected chi connectivity index (χ2v) is 29.3. The van der Waals surface area contributed by atoms with Crippen LogP contribution in [0.3, 0.4) is 0 Å². The minimum Gasteiger partial charge on any atom is -0.500 e. The van der Waals surface area contributed by atoms with Gasteiger partial charge in [-0.2, -0.15) is 10.5 Å². The summed E-state index contributed by atoms with van der Waals surface area (Å²) in [6.45, 7) is -11.5. The van der Waals surface area contributed by atoms with Gasteiger partial charge >= 0.3 is 0 Å². The molecule has 0 atom stereocenters. The summed E-state index contributed by atoms with van der Waals surface area (Å²) >= 11 is 0. The predicted octanol–water partition coefficient (Wildman–Crippen LogP) is 28.8. The van der Waals surface area contributed by atoms with Crippen molar-refractivity contribution in [2.75, 3.05) is 0 Å². The Balaban J connectivity index is 0.000000146. The minimum absolute atomic E-state index is 0. The van der Waals surface area contributed by atoms with E-state index in [4.69, 9.17) is 40.4 Å². The van der Waals surface area contributed by atoms with Crippen LogP contribution in [0.15, 0.2) is 313 Å². The molecule has 10 heteroatoms. The van der Waals surface area contributed by atoms with Crippen molar-refractivity contribution in [2.45, 2.75) is 75.1 Å². The third kappa shape index (κ3) is 16.7. The fourth-order valence-corrected chi connectivity index (χ4v) is 14.9. The first-order valence-electron chi connectivity index (χ1n) is 49.3. The van der Waals surface area contributed by atoms with E-state index in [9.17, 15) is 10.5 Å². The Morgan fingerprint density at radius 2 is 0.775 bits per heavy atom. The Bertz CT molecular complexity index is 8020. The number of benzene rings is 14. The second-order valence-electron chi connectivity index (χ2n) is 29.3. The van der Waals surface area contributed by atoms with Crippen LogP contribution in [0.2, 0.25) is 0 Å². The van der Waals surface area contributed by atoms with Gasteiger partial charge in [0.1, 0.15) is 11.2 Å². The third-order valence-corrected chi connectivity index (χ3v) is 20.5. The van der Waals surface area contributed by atoms with Gasteiger partial charge in [0.2, 0.25) is 0 Å². The zero-order valence-corrected chi connectivity index (χ0v) is 69.3. The molecule has 20 aromatic rings. The van der Waals surface area contributed by atoms with E-state index in [2.05, 4.69) is 105 Å². The Hall–Kier alpha value is -13.4. The maximum absolute atomic E-state index is 9.40. The number of rotatable bonds is 9. The van der Waals surface area contributed by atoms with Gasteiger partial charge in [-0.3, -0.25) is 0 Å². The second kappa shape index (κ2) is 35.0. The number of furan rings is 2. The Morgan fingerprint density at radius 1 is 0.350 bits per heavy atom. The van der Waals surface area contributed by atoms with Gasteiger partial charge in [0.05, 0.1) is 34.4 Å². The van der Waals surface area contributed by atoms with Crippen molar-refractivity contribution in [3.8, 4) is 102 Å². The molecule has 0 aliphatic rings. The molecule has 0 bridgehead atoms. The minimum atomic E-state index is -2.59. The van der Waals surface area contributed by atoms with E-state index in [1.54, 1.807) is 60.8 Å². The van der Waals surface area contributed by atoms with Crippen LogP contribution in [0.5, 0.6) is 0 Å². The van der Waals surface area contributed by atoms with E-state index in [0.29, 0.717) is 72.9 Å². The number of nitriles is 2. The summed E-state index contributed by atoms with van der Waals surface area (Å²) in [7, 11) is 0. The van der Waals surface area contributed by atoms with Crippen molar-refractivity contribution in [1.29, 1.82) is 10.5 Å². The van der Waals surface area contributed by atoms with Gasteiger partial charge < -0.3 is 28.8 Å². The summed E-state index contributed by atoms with van der Waals surface area (Å²) in [5.74, 6) is 0. The first kappa shape index (κ1) is 57.6. The van der Waals surface area contributed by atoms with E-state index in [1.165, 1.54) is 73.2 Å². The largest absolute Gasteiger partial charge is 0.500 e. The number of fused-ring (bicyclic) bond motifs is 14. The molecule has 14 aromatic carbocycles. The molecule has 0 amide bonds. The van der Waals surface area contributed by atoms with Crippen LogP contribution >= 0.6 is 0 Å². The van der Waals surface area contributed by atoms with E-state index in [0.717, 1.165) is 86.9 Å². The summed E-state index contributed by atoms with van der Waals surface area (Å²) in [5.41, 5.74) is 10.8. The van der Waals surface area contributed by atoms with Crippen molar-refractivity contribution in [3.63, 3.8) is 0 Å². The number of hydrogen-bond donors (Lipinski definition) is 0. The Kier molecular flexibility index (Phi) is 16.8. The van der Waals surface area contributed by atoms with E-state index < -0.39 is 59.8 Å². The molecule has 20 rings (SSSR count). The molecular weight excluding hydrogens is 1820 g/mol. The summed E-state index contributed by atoms with van der Waals surface area (Å²) in [6, 6.07) is 99.9. The Morgan fingerprint density at radius 3 is 1.20 bits per heavy atom. The van der Waals surface area contributed by atoms with E-state index in [-0.39, 0.29) is 113 Å². The van der Waals surface area contributed by atoms with Crippen LogP contribution in [0.4, 0.5) is 0 Å². The average Bonchev–Trinajstić information content (AvgIpc) is 1.57. The quantitative estimate of drug-likeness (QED) is 0.103. The molecule has 0 fully saturated rings. The first-order chi connectivity index (χ1) is 66.7. The van der Waals surface area contributed by atoms with Crippen LogP contribution < -0.4 is 0 Å². The molecule has 0 aliphatic carbocycles. The molecule has 0 aliphatic heterocycles. The summed E-state index contributed by atoms with van der Waals surface area (Å²) in [5, 5.41) is 30.7. The van der Waals surface area contributed by atoms with Gasteiger partial charge in [-0.05, 0) is 192 Å². The van der Waals surface area contributed by atoms with Crippen molar-refractivity contribution in [3.05, 3.63) is 384 Å². The molecule has 0 spiro atoms. The van der Waals surface area contributed by atoms with E-state index >= 15 is 0 Å². The summed E-state index contributed by atoms with van der Waals surface area (Å²) in [6.07, 6.45) is 3.86. The fourth-order valence-electron chi connectivity index (χ4n) is 14.9. The molecule has 0 unspecified atom stereocenters. The van der Waals surface area contributed by atoms with Crippen molar-refractivity contribution >= 4 is 87.0 Å². The molecule has 0 N–H and O–H groups in total. The van der Waals surface area contributed by atoms with Gasteiger partial charge in [0.15, 0.2) is 0 Å². The molecule has 586 valence electrons. The smallest absolute Gasteiger partial charge is 0.129 e. The fraction of sp³-hybridized carbons (Fsp3) is 0.109.